The fourth-order valence-electron chi connectivity index (χ4n) is 2.89. The number of benzene rings is 2. The molecule has 0 radical (unpaired) electrons. The number of carbonyl (C=O) groups excluding carboxylic acids is 2. The molecule has 0 unspecified atom stereocenters. The van der Waals surface area contributed by atoms with Crippen LogP contribution in [0, 0.1) is 0 Å². The number of aromatic carboxylic acids is 1. The van der Waals surface area contributed by atoms with Gasteiger partial charge in [0.2, 0.25) is 0 Å². The molecule has 0 saturated carbocycles. The van der Waals surface area contributed by atoms with E-state index in [0.29, 0.717) is 22.0 Å². The minimum absolute atomic E-state index is 0.0924. The molecule has 1 fully saturated rings. The highest BCUT2D eigenvalue weighted by molar-refractivity contribution is 6.33. The lowest BCUT2D eigenvalue weighted by Gasteiger charge is -2.14. The number of hydrogen-bond acceptors (Lipinski definition) is 4. The third-order valence-electron chi connectivity index (χ3n) is 4.27. The molecule has 1 aliphatic heterocycles. The van der Waals surface area contributed by atoms with Crippen LogP contribution in [-0.4, -0.2) is 22.9 Å². The third kappa shape index (κ3) is 3.63. The summed E-state index contributed by atoms with van der Waals surface area (Å²) < 4.78 is 5.68. The summed E-state index contributed by atoms with van der Waals surface area (Å²) in [5.41, 5.74) is 3.52. The van der Waals surface area contributed by atoms with Crippen molar-refractivity contribution in [1.82, 2.24) is 5.43 Å². The van der Waals surface area contributed by atoms with Gasteiger partial charge in [-0.2, -0.15) is 0 Å². The van der Waals surface area contributed by atoms with Crippen LogP contribution in [0.3, 0.4) is 0 Å². The molecule has 2 N–H and O–H groups in total. The summed E-state index contributed by atoms with van der Waals surface area (Å²) in [4.78, 5) is 36.1. The number of furan rings is 1. The van der Waals surface area contributed by atoms with Crippen molar-refractivity contribution in [2.24, 2.45) is 0 Å². The van der Waals surface area contributed by atoms with Crippen LogP contribution in [0.25, 0.3) is 17.4 Å². The smallest absolute Gasteiger partial charge is 0.335 e. The maximum absolute atomic E-state index is 12.7. The predicted octanol–water partition coefficient (Wildman–Crippen LogP) is 3.76. The Bertz CT molecular complexity index is 1180. The van der Waals surface area contributed by atoms with Gasteiger partial charge in [0.05, 0.1) is 11.3 Å². The van der Waals surface area contributed by atoms with E-state index in [1.54, 1.807) is 48.5 Å². The van der Waals surface area contributed by atoms with E-state index in [2.05, 4.69) is 5.43 Å². The number of carboxylic acids is 1. The van der Waals surface area contributed by atoms with Gasteiger partial charge in [-0.05, 0) is 48.5 Å². The monoisotopic (exact) mass is 408 g/mol. The van der Waals surface area contributed by atoms with Gasteiger partial charge in [0, 0.05) is 10.6 Å². The van der Waals surface area contributed by atoms with Crippen LogP contribution >= 0.6 is 11.6 Å². The Morgan fingerprint density at radius 3 is 2.62 bits per heavy atom. The first-order valence-electron chi connectivity index (χ1n) is 8.48. The van der Waals surface area contributed by atoms with Crippen molar-refractivity contribution in [3.63, 3.8) is 0 Å². The maximum atomic E-state index is 12.7. The molecular weight excluding hydrogens is 396 g/mol. The normalized spacial score (nSPS) is 15.1. The van der Waals surface area contributed by atoms with Gasteiger partial charge in [-0.1, -0.05) is 29.8 Å². The summed E-state index contributed by atoms with van der Waals surface area (Å²) in [5.74, 6) is -1.45. The number of hydrazine groups is 1. The van der Waals surface area contributed by atoms with Crippen molar-refractivity contribution >= 4 is 41.1 Å². The van der Waals surface area contributed by atoms with Gasteiger partial charge in [-0.3, -0.25) is 15.0 Å². The SMILES string of the molecule is O=C1NN(c2cccc(Cl)c2)C(=O)/C1=C\c1ccc(-c2cccc(C(=O)O)c2)o1. The zero-order valence-corrected chi connectivity index (χ0v) is 15.5. The maximum Gasteiger partial charge on any atom is 0.335 e. The van der Waals surface area contributed by atoms with Crippen LogP contribution < -0.4 is 10.4 Å². The molecule has 29 heavy (non-hydrogen) atoms. The first-order valence-corrected chi connectivity index (χ1v) is 8.86. The summed E-state index contributed by atoms with van der Waals surface area (Å²) in [5, 5.41) is 10.7. The Morgan fingerprint density at radius 2 is 1.86 bits per heavy atom. The Balaban J connectivity index is 1.62. The van der Waals surface area contributed by atoms with Crippen LogP contribution in [0.1, 0.15) is 16.1 Å². The van der Waals surface area contributed by atoms with E-state index in [-0.39, 0.29) is 16.9 Å². The zero-order chi connectivity index (χ0) is 20.5. The number of carbonyl (C=O) groups is 3. The predicted molar refractivity (Wildman–Crippen MR) is 106 cm³/mol. The molecular formula is C21H13ClN2O5. The quantitative estimate of drug-likeness (QED) is 0.505. The van der Waals surface area contributed by atoms with Gasteiger partial charge >= 0.3 is 5.97 Å². The van der Waals surface area contributed by atoms with Gasteiger partial charge in [-0.25, -0.2) is 9.80 Å². The van der Waals surface area contributed by atoms with Gasteiger partial charge < -0.3 is 9.52 Å². The molecule has 0 aliphatic carbocycles. The molecule has 2 heterocycles. The van der Waals surface area contributed by atoms with Crippen LogP contribution in [0.2, 0.25) is 5.02 Å². The number of nitrogens with zero attached hydrogens (tertiary/aromatic N) is 1. The molecule has 2 aromatic carbocycles. The zero-order valence-electron chi connectivity index (χ0n) is 14.8. The molecule has 0 spiro atoms. The van der Waals surface area contributed by atoms with Crippen molar-refractivity contribution < 1.29 is 23.9 Å². The molecule has 1 aromatic heterocycles. The highest BCUT2D eigenvalue weighted by atomic mass is 35.5. The molecule has 2 amide bonds. The van der Waals surface area contributed by atoms with Crippen molar-refractivity contribution in [3.05, 3.63) is 82.6 Å². The standard InChI is InChI=1S/C21H13ClN2O5/c22-14-5-2-6-15(10-14)24-20(26)17(19(25)23-24)11-16-7-8-18(29-16)12-3-1-4-13(9-12)21(27)28/h1-11H,(H,23,25)(H,27,28)/b17-11-. The van der Waals surface area contributed by atoms with Gasteiger partial charge in [-0.15, -0.1) is 0 Å². The van der Waals surface area contributed by atoms with Crippen LogP contribution in [0.15, 0.2) is 70.7 Å². The molecule has 1 saturated heterocycles. The highest BCUT2D eigenvalue weighted by Gasteiger charge is 2.34. The van der Waals surface area contributed by atoms with Gasteiger partial charge in [0.15, 0.2) is 0 Å². The summed E-state index contributed by atoms with van der Waals surface area (Å²) in [6.07, 6.45) is 1.34. The van der Waals surface area contributed by atoms with Gasteiger partial charge in [0.25, 0.3) is 11.8 Å². The molecule has 0 atom stereocenters. The number of nitrogens with one attached hydrogen (secondary N) is 1. The minimum atomic E-state index is -1.05. The fourth-order valence-corrected chi connectivity index (χ4v) is 3.07. The first kappa shape index (κ1) is 18.5. The summed E-state index contributed by atoms with van der Waals surface area (Å²) in [6, 6.07) is 16.0. The molecule has 4 rings (SSSR count). The lowest BCUT2D eigenvalue weighted by atomic mass is 10.1. The highest BCUT2D eigenvalue weighted by Crippen LogP contribution is 2.27. The van der Waals surface area contributed by atoms with E-state index in [4.69, 9.17) is 21.1 Å². The Hall–Kier alpha value is -3.84. The third-order valence-corrected chi connectivity index (χ3v) is 4.50. The molecule has 7 nitrogen and oxygen atoms in total. The van der Waals surface area contributed by atoms with Crippen molar-refractivity contribution in [3.8, 4) is 11.3 Å². The molecule has 1 aliphatic rings. The Morgan fingerprint density at radius 1 is 1.07 bits per heavy atom. The second-order valence-electron chi connectivity index (χ2n) is 6.21. The van der Waals surface area contributed by atoms with Crippen LogP contribution in [-0.2, 0) is 9.59 Å². The van der Waals surface area contributed by atoms with E-state index >= 15 is 0 Å². The van der Waals surface area contributed by atoms with Crippen LogP contribution in [0.4, 0.5) is 5.69 Å². The number of anilines is 1. The van der Waals surface area contributed by atoms with E-state index < -0.39 is 17.8 Å². The number of halogens is 1. The molecule has 8 heteroatoms. The van der Waals surface area contributed by atoms with E-state index in [1.165, 1.54) is 18.2 Å². The number of amides is 2. The van der Waals surface area contributed by atoms with Crippen molar-refractivity contribution in [2.75, 3.05) is 5.01 Å². The van der Waals surface area contributed by atoms with Crippen molar-refractivity contribution in [1.29, 1.82) is 0 Å². The summed E-state index contributed by atoms with van der Waals surface area (Å²) in [7, 11) is 0. The number of hydrogen-bond donors (Lipinski definition) is 2. The summed E-state index contributed by atoms with van der Waals surface area (Å²) in [6.45, 7) is 0. The van der Waals surface area contributed by atoms with Crippen LogP contribution in [0.5, 0.6) is 0 Å². The van der Waals surface area contributed by atoms with E-state index in [0.717, 1.165) is 5.01 Å². The average Bonchev–Trinajstić information content (AvgIpc) is 3.28. The lowest BCUT2D eigenvalue weighted by molar-refractivity contribution is -0.117. The molecule has 3 aromatic rings. The minimum Gasteiger partial charge on any atom is -0.478 e. The van der Waals surface area contributed by atoms with E-state index in [1.807, 2.05) is 0 Å². The number of rotatable bonds is 4. The summed E-state index contributed by atoms with van der Waals surface area (Å²) >= 11 is 5.95. The first-order chi connectivity index (χ1) is 13.9. The second-order valence-corrected chi connectivity index (χ2v) is 6.64. The second kappa shape index (κ2) is 7.29. The Kier molecular flexibility index (Phi) is 4.66. The van der Waals surface area contributed by atoms with E-state index in [9.17, 15) is 14.4 Å². The Labute approximate surface area is 169 Å². The lowest BCUT2D eigenvalue weighted by Crippen LogP contribution is -2.35. The molecule has 144 valence electrons. The molecule has 0 bridgehead atoms. The largest absolute Gasteiger partial charge is 0.478 e. The number of carboxylic acid groups (broad SMARTS) is 1. The topological polar surface area (TPSA) is 99.9 Å². The average molecular weight is 409 g/mol. The fraction of sp³-hybridized carbons (Fsp3) is 0. The van der Waals surface area contributed by atoms with Crippen molar-refractivity contribution in [2.45, 2.75) is 0 Å². The van der Waals surface area contributed by atoms with Gasteiger partial charge in [0.1, 0.15) is 17.1 Å².